The number of benzene rings is 1. The van der Waals surface area contributed by atoms with E-state index < -0.39 is 0 Å². The van der Waals surface area contributed by atoms with Crippen LogP contribution in [-0.4, -0.2) is 49.5 Å². The van der Waals surface area contributed by atoms with Crippen LogP contribution in [0.3, 0.4) is 0 Å². The first kappa shape index (κ1) is 23.2. The minimum absolute atomic E-state index is 0. The average Bonchev–Trinajstić information content (AvgIpc) is 2.64. The number of carbonyl (C=O) groups excluding carboxylic acids is 2. The predicted octanol–water partition coefficient (Wildman–Crippen LogP) is 2.14. The minimum atomic E-state index is -0.345. The number of nitrogens with zero attached hydrogens (tertiary/aromatic N) is 2. The molecule has 3 N–H and O–H groups in total. The molecule has 1 aromatic rings. The summed E-state index contributed by atoms with van der Waals surface area (Å²) in [6.45, 7) is 5.03. The van der Waals surface area contributed by atoms with Crippen LogP contribution >= 0.6 is 24.0 Å². The largest absolute Gasteiger partial charge is 0.465 e. The highest BCUT2D eigenvalue weighted by atomic mass is 127. The van der Waals surface area contributed by atoms with E-state index in [0.717, 1.165) is 44.0 Å². The Labute approximate surface area is 177 Å². The van der Waals surface area contributed by atoms with Gasteiger partial charge in [-0.05, 0) is 43.4 Å². The van der Waals surface area contributed by atoms with Crippen molar-refractivity contribution in [2.75, 3.05) is 26.7 Å². The second kappa shape index (κ2) is 11.8. The van der Waals surface area contributed by atoms with Crippen molar-refractivity contribution in [3.05, 3.63) is 35.4 Å². The van der Waals surface area contributed by atoms with Crippen molar-refractivity contribution in [2.45, 2.75) is 32.7 Å². The maximum Gasteiger partial charge on any atom is 0.337 e. The molecule has 1 aliphatic heterocycles. The highest BCUT2D eigenvalue weighted by molar-refractivity contribution is 14.0. The molecule has 1 atom stereocenters. The molecule has 1 aromatic carbocycles. The van der Waals surface area contributed by atoms with E-state index in [0.29, 0.717) is 18.5 Å². The standard InChI is InChI=1S/C19H28N4O3.HI/c1-3-21-19(23-10-4-5-15(13-23)11-17(20)24)22-12-14-6-8-16(9-7-14)18(25)26-2;/h6-9,15H,3-5,10-13H2,1-2H3,(H2,20,24)(H,21,22);1H. The number of nitrogens with two attached hydrogens (primary N) is 1. The summed E-state index contributed by atoms with van der Waals surface area (Å²) < 4.78 is 4.71. The van der Waals surface area contributed by atoms with Gasteiger partial charge in [0.25, 0.3) is 0 Å². The molecule has 1 fully saturated rings. The number of rotatable bonds is 6. The number of aliphatic imine (C=N–C) groups is 1. The average molecular weight is 488 g/mol. The van der Waals surface area contributed by atoms with Crippen LogP contribution in [0.5, 0.6) is 0 Å². The molecule has 1 heterocycles. The van der Waals surface area contributed by atoms with E-state index in [4.69, 9.17) is 15.5 Å². The van der Waals surface area contributed by atoms with Crippen LogP contribution in [0, 0.1) is 5.92 Å². The van der Waals surface area contributed by atoms with Crippen LogP contribution in [0.2, 0.25) is 0 Å². The Morgan fingerprint density at radius 1 is 1.33 bits per heavy atom. The van der Waals surface area contributed by atoms with Gasteiger partial charge in [0.2, 0.25) is 5.91 Å². The van der Waals surface area contributed by atoms with Gasteiger partial charge in [-0.1, -0.05) is 12.1 Å². The fraction of sp³-hybridized carbons (Fsp3) is 0.526. The Hall–Kier alpha value is -1.84. The van der Waals surface area contributed by atoms with E-state index in [1.165, 1.54) is 7.11 Å². The van der Waals surface area contributed by atoms with Gasteiger partial charge in [-0.2, -0.15) is 0 Å². The molecule has 0 bridgehead atoms. The van der Waals surface area contributed by atoms with Crippen molar-refractivity contribution in [1.82, 2.24) is 10.2 Å². The van der Waals surface area contributed by atoms with Gasteiger partial charge in [0.1, 0.15) is 0 Å². The molecule has 0 aliphatic carbocycles. The van der Waals surface area contributed by atoms with Gasteiger partial charge in [-0.3, -0.25) is 4.79 Å². The second-order valence-electron chi connectivity index (χ2n) is 6.48. The first-order valence-electron chi connectivity index (χ1n) is 9.02. The van der Waals surface area contributed by atoms with Crippen LogP contribution < -0.4 is 11.1 Å². The molecule has 27 heavy (non-hydrogen) atoms. The van der Waals surface area contributed by atoms with Crippen molar-refractivity contribution < 1.29 is 14.3 Å². The zero-order valence-corrected chi connectivity index (χ0v) is 18.3. The van der Waals surface area contributed by atoms with E-state index in [-0.39, 0.29) is 41.8 Å². The molecular formula is C19H29IN4O3. The van der Waals surface area contributed by atoms with E-state index in [9.17, 15) is 9.59 Å². The molecule has 1 unspecified atom stereocenters. The topological polar surface area (TPSA) is 97.0 Å². The monoisotopic (exact) mass is 488 g/mol. The fourth-order valence-corrected chi connectivity index (χ4v) is 3.16. The number of carbonyl (C=O) groups is 2. The van der Waals surface area contributed by atoms with Gasteiger partial charge in [-0.15, -0.1) is 24.0 Å². The maximum absolute atomic E-state index is 11.5. The maximum atomic E-state index is 11.5. The molecule has 0 spiro atoms. The summed E-state index contributed by atoms with van der Waals surface area (Å²) >= 11 is 0. The zero-order valence-electron chi connectivity index (χ0n) is 15.9. The quantitative estimate of drug-likeness (QED) is 0.277. The lowest BCUT2D eigenvalue weighted by Gasteiger charge is -2.34. The third-order valence-corrected chi connectivity index (χ3v) is 4.43. The third-order valence-electron chi connectivity index (χ3n) is 4.43. The highest BCUT2D eigenvalue weighted by Gasteiger charge is 2.23. The van der Waals surface area contributed by atoms with E-state index in [2.05, 4.69) is 10.2 Å². The number of ether oxygens (including phenoxy) is 1. The lowest BCUT2D eigenvalue weighted by molar-refractivity contribution is -0.119. The Bertz CT molecular complexity index is 649. The first-order chi connectivity index (χ1) is 12.5. The Balaban J connectivity index is 0.00000364. The number of nitrogens with one attached hydrogen (secondary N) is 1. The number of guanidine groups is 1. The summed E-state index contributed by atoms with van der Waals surface area (Å²) in [6.07, 6.45) is 2.47. The van der Waals surface area contributed by atoms with Crippen LogP contribution in [-0.2, 0) is 16.1 Å². The summed E-state index contributed by atoms with van der Waals surface area (Å²) in [4.78, 5) is 29.6. The van der Waals surface area contributed by atoms with Crippen molar-refractivity contribution in [2.24, 2.45) is 16.6 Å². The number of methoxy groups -OCH3 is 1. The van der Waals surface area contributed by atoms with Gasteiger partial charge in [0.15, 0.2) is 5.96 Å². The summed E-state index contributed by atoms with van der Waals surface area (Å²) in [5.41, 5.74) is 6.88. The Morgan fingerprint density at radius 2 is 2.04 bits per heavy atom. The van der Waals surface area contributed by atoms with E-state index >= 15 is 0 Å². The minimum Gasteiger partial charge on any atom is -0.465 e. The van der Waals surface area contributed by atoms with E-state index in [1.54, 1.807) is 12.1 Å². The molecule has 1 amide bonds. The van der Waals surface area contributed by atoms with Crippen molar-refractivity contribution in [3.8, 4) is 0 Å². The molecular weight excluding hydrogens is 459 g/mol. The Morgan fingerprint density at radius 3 is 2.63 bits per heavy atom. The molecule has 1 saturated heterocycles. The number of amides is 1. The molecule has 8 heteroatoms. The SMILES string of the molecule is CCNC(=NCc1ccc(C(=O)OC)cc1)N1CCCC(CC(N)=O)C1.I. The molecule has 0 aromatic heterocycles. The number of hydrogen-bond donors (Lipinski definition) is 2. The van der Waals surface area contributed by atoms with Crippen molar-refractivity contribution in [1.29, 1.82) is 0 Å². The van der Waals surface area contributed by atoms with Crippen LogP contribution in [0.1, 0.15) is 42.1 Å². The molecule has 2 rings (SSSR count). The summed E-state index contributed by atoms with van der Waals surface area (Å²) in [6, 6.07) is 7.25. The van der Waals surface area contributed by atoms with Crippen LogP contribution in [0.25, 0.3) is 0 Å². The molecule has 150 valence electrons. The lowest BCUT2D eigenvalue weighted by Crippen LogP contribution is -2.47. The van der Waals surface area contributed by atoms with Gasteiger partial charge in [0.05, 0.1) is 19.2 Å². The van der Waals surface area contributed by atoms with Gasteiger partial charge < -0.3 is 20.7 Å². The second-order valence-corrected chi connectivity index (χ2v) is 6.48. The van der Waals surface area contributed by atoms with Gasteiger partial charge in [-0.25, -0.2) is 9.79 Å². The van der Waals surface area contributed by atoms with Gasteiger partial charge in [0, 0.05) is 26.1 Å². The number of likely N-dealkylation sites (tertiary alicyclic amines) is 1. The normalized spacial score (nSPS) is 17.0. The molecule has 1 aliphatic rings. The number of piperidine rings is 1. The number of halogens is 1. The van der Waals surface area contributed by atoms with E-state index in [1.807, 2.05) is 19.1 Å². The molecule has 0 radical (unpaired) electrons. The Kier molecular flexibility index (Phi) is 10.1. The van der Waals surface area contributed by atoms with Gasteiger partial charge >= 0.3 is 5.97 Å². The van der Waals surface area contributed by atoms with Crippen LogP contribution in [0.15, 0.2) is 29.3 Å². The fourth-order valence-electron chi connectivity index (χ4n) is 3.16. The zero-order chi connectivity index (χ0) is 18.9. The third kappa shape index (κ3) is 7.36. The summed E-state index contributed by atoms with van der Waals surface area (Å²) in [5.74, 6) is 0.537. The molecule has 0 saturated carbocycles. The van der Waals surface area contributed by atoms with Crippen LogP contribution in [0.4, 0.5) is 0 Å². The smallest absolute Gasteiger partial charge is 0.337 e. The predicted molar refractivity (Wildman–Crippen MR) is 116 cm³/mol. The lowest BCUT2D eigenvalue weighted by atomic mass is 9.95. The molecule has 7 nitrogen and oxygen atoms in total. The first-order valence-corrected chi connectivity index (χ1v) is 9.02. The summed E-state index contributed by atoms with van der Waals surface area (Å²) in [5, 5.41) is 3.32. The number of hydrogen-bond acceptors (Lipinski definition) is 4. The van der Waals surface area contributed by atoms with Crippen molar-refractivity contribution in [3.63, 3.8) is 0 Å². The summed E-state index contributed by atoms with van der Waals surface area (Å²) in [7, 11) is 1.37. The number of primary amides is 1. The van der Waals surface area contributed by atoms with Crippen molar-refractivity contribution >= 4 is 41.8 Å². The number of esters is 1. The highest BCUT2D eigenvalue weighted by Crippen LogP contribution is 2.19.